The molecule has 0 saturated carbocycles. The SMILES string of the molecule is N#CC1C=C([N+](=O)[O-])C(c2ccccc2)=NC1=O. The van der Waals surface area contributed by atoms with Crippen molar-refractivity contribution >= 4 is 11.6 Å². The summed E-state index contributed by atoms with van der Waals surface area (Å²) in [6.45, 7) is 0. The number of hydrogen-bond donors (Lipinski definition) is 0. The molecule has 0 radical (unpaired) electrons. The predicted octanol–water partition coefficient (Wildman–Crippen LogP) is 1.32. The van der Waals surface area contributed by atoms with Gasteiger partial charge in [0.05, 0.1) is 11.0 Å². The molecule has 6 nitrogen and oxygen atoms in total. The molecule has 1 amide bonds. The Morgan fingerprint density at radius 2 is 2.00 bits per heavy atom. The molecule has 1 atom stereocenters. The van der Waals surface area contributed by atoms with Gasteiger partial charge in [-0.05, 0) is 0 Å². The molecule has 1 aromatic carbocycles. The number of rotatable bonds is 2. The van der Waals surface area contributed by atoms with Gasteiger partial charge >= 0.3 is 0 Å². The van der Waals surface area contributed by atoms with Crippen molar-refractivity contribution in [1.29, 1.82) is 5.26 Å². The molecule has 1 aliphatic heterocycles. The highest BCUT2D eigenvalue weighted by atomic mass is 16.6. The zero-order valence-electron chi connectivity index (χ0n) is 9.11. The first-order valence-electron chi connectivity index (χ1n) is 5.07. The average molecular weight is 241 g/mol. The third-order valence-electron chi connectivity index (χ3n) is 2.44. The second-order valence-electron chi connectivity index (χ2n) is 3.58. The van der Waals surface area contributed by atoms with E-state index in [0.717, 1.165) is 6.08 Å². The summed E-state index contributed by atoms with van der Waals surface area (Å²) in [5, 5.41) is 19.7. The molecule has 0 spiro atoms. The number of hydrogen-bond acceptors (Lipinski definition) is 4. The number of amides is 1. The maximum Gasteiger partial charge on any atom is 0.293 e. The fourth-order valence-corrected chi connectivity index (χ4v) is 1.59. The molecule has 0 saturated heterocycles. The Kier molecular flexibility index (Phi) is 2.98. The molecule has 1 aliphatic rings. The van der Waals surface area contributed by atoms with E-state index in [-0.39, 0.29) is 11.4 Å². The molecular weight excluding hydrogens is 234 g/mol. The summed E-state index contributed by atoms with van der Waals surface area (Å²) < 4.78 is 0. The third-order valence-corrected chi connectivity index (χ3v) is 2.44. The van der Waals surface area contributed by atoms with Crippen LogP contribution in [0.25, 0.3) is 0 Å². The van der Waals surface area contributed by atoms with Crippen molar-refractivity contribution in [3.05, 3.63) is 57.8 Å². The van der Waals surface area contributed by atoms with Gasteiger partial charge in [-0.3, -0.25) is 14.9 Å². The number of carbonyl (C=O) groups is 1. The number of benzene rings is 1. The lowest BCUT2D eigenvalue weighted by atomic mass is 9.99. The second-order valence-corrected chi connectivity index (χ2v) is 3.58. The average Bonchev–Trinajstić information content (AvgIpc) is 2.39. The summed E-state index contributed by atoms with van der Waals surface area (Å²) in [7, 11) is 0. The molecule has 0 aliphatic carbocycles. The molecule has 0 aromatic heterocycles. The molecule has 88 valence electrons. The van der Waals surface area contributed by atoms with Crippen molar-refractivity contribution in [1.82, 2.24) is 0 Å². The minimum absolute atomic E-state index is 0.00269. The fourth-order valence-electron chi connectivity index (χ4n) is 1.59. The zero-order chi connectivity index (χ0) is 13.1. The lowest BCUT2D eigenvalue weighted by Gasteiger charge is -2.10. The van der Waals surface area contributed by atoms with Crippen molar-refractivity contribution in [3.63, 3.8) is 0 Å². The Bertz CT molecular complexity index is 611. The molecule has 1 heterocycles. The minimum atomic E-state index is -1.18. The van der Waals surface area contributed by atoms with Gasteiger partial charge in [0.1, 0.15) is 0 Å². The van der Waals surface area contributed by atoms with E-state index in [1.165, 1.54) is 0 Å². The van der Waals surface area contributed by atoms with E-state index in [4.69, 9.17) is 5.26 Å². The van der Waals surface area contributed by atoms with Gasteiger partial charge in [-0.15, -0.1) is 0 Å². The molecule has 0 N–H and O–H groups in total. The zero-order valence-corrected chi connectivity index (χ0v) is 9.11. The number of carbonyl (C=O) groups excluding carboxylic acids is 1. The number of aliphatic imine (C=N–C) groups is 1. The Labute approximate surface area is 102 Å². The first-order chi connectivity index (χ1) is 8.63. The van der Waals surface area contributed by atoms with E-state index in [9.17, 15) is 14.9 Å². The van der Waals surface area contributed by atoms with Crippen molar-refractivity contribution in [3.8, 4) is 6.07 Å². The minimum Gasteiger partial charge on any atom is -0.271 e. The van der Waals surface area contributed by atoms with Crippen LogP contribution in [0.1, 0.15) is 5.56 Å². The van der Waals surface area contributed by atoms with Crippen molar-refractivity contribution in [2.75, 3.05) is 0 Å². The van der Waals surface area contributed by atoms with Crippen LogP contribution in [-0.4, -0.2) is 16.5 Å². The number of allylic oxidation sites excluding steroid dienone is 1. The van der Waals surface area contributed by atoms with E-state index in [1.807, 2.05) is 0 Å². The Morgan fingerprint density at radius 3 is 2.56 bits per heavy atom. The smallest absolute Gasteiger partial charge is 0.271 e. The van der Waals surface area contributed by atoms with Crippen LogP contribution in [0.4, 0.5) is 0 Å². The maximum atomic E-state index is 11.5. The highest BCUT2D eigenvalue weighted by Crippen LogP contribution is 2.19. The van der Waals surface area contributed by atoms with E-state index < -0.39 is 16.7 Å². The van der Waals surface area contributed by atoms with Crippen LogP contribution in [0.3, 0.4) is 0 Å². The summed E-state index contributed by atoms with van der Waals surface area (Å²) in [4.78, 5) is 25.5. The summed E-state index contributed by atoms with van der Waals surface area (Å²) in [6.07, 6.45) is 1.04. The van der Waals surface area contributed by atoms with Crippen LogP contribution in [0.2, 0.25) is 0 Å². The molecule has 18 heavy (non-hydrogen) atoms. The van der Waals surface area contributed by atoms with Gasteiger partial charge in [0.15, 0.2) is 11.6 Å². The third kappa shape index (κ3) is 2.01. The molecule has 0 bridgehead atoms. The summed E-state index contributed by atoms with van der Waals surface area (Å²) >= 11 is 0. The van der Waals surface area contributed by atoms with Crippen molar-refractivity contribution in [2.45, 2.75) is 0 Å². The normalized spacial score (nSPS) is 18.6. The largest absolute Gasteiger partial charge is 0.293 e. The quantitative estimate of drug-likeness (QED) is 0.576. The number of nitro groups is 1. The molecule has 2 rings (SSSR count). The van der Waals surface area contributed by atoms with Gasteiger partial charge < -0.3 is 0 Å². The molecular formula is C12H7N3O3. The summed E-state index contributed by atoms with van der Waals surface area (Å²) in [5.74, 6) is -1.86. The first-order valence-corrected chi connectivity index (χ1v) is 5.07. The van der Waals surface area contributed by atoms with Crippen LogP contribution in [0.5, 0.6) is 0 Å². The van der Waals surface area contributed by atoms with Crippen LogP contribution in [0.15, 0.2) is 47.1 Å². The first kappa shape index (κ1) is 11.7. The lowest BCUT2D eigenvalue weighted by molar-refractivity contribution is -0.415. The van der Waals surface area contributed by atoms with E-state index >= 15 is 0 Å². The van der Waals surface area contributed by atoms with Gasteiger partial charge in [0.2, 0.25) is 0 Å². The molecule has 1 aromatic rings. The second kappa shape index (κ2) is 4.59. The van der Waals surface area contributed by atoms with Crippen LogP contribution < -0.4 is 0 Å². The summed E-state index contributed by atoms with van der Waals surface area (Å²) in [5.41, 5.74) is 0.162. The van der Waals surface area contributed by atoms with Crippen LogP contribution in [-0.2, 0) is 4.79 Å². The van der Waals surface area contributed by atoms with E-state index in [2.05, 4.69) is 4.99 Å². The van der Waals surface area contributed by atoms with Gasteiger partial charge in [-0.2, -0.15) is 5.26 Å². The lowest BCUT2D eigenvalue weighted by Crippen LogP contribution is -2.24. The maximum absolute atomic E-state index is 11.5. The van der Waals surface area contributed by atoms with Gasteiger partial charge in [0.25, 0.3) is 11.6 Å². The topological polar surface area (TPSA) is 96.4 Å². The van der Waals surface area contributed by atoms with Gasteiger partial charge in [-0.25, -0.2) is 4.99 Å². The number of dihydropyridines is 1. The van der Waals surface area contributed by atoms with Crippen molar-refractivity contribution in [2.24, 2.45) is 10.9 Å². The van der Waals surface area contributed by atoms with Crippen molar-refractivity contribution < 1.29 is 9.72 Å². The standard InChI is InChI=1S/C12H7N3O3/c13-7-9-6-10(15(17)18)11(14-12(9)16)8-4-2-1-3-5-8/h1-6,9H. The highest BCUT2D eigenvalue weighted by molar-refractivity contribution is 6.17. The number of nitrogens with zero attached hydrogens (tertiary/aromatic N) is 3. The van der Waals surface area contributed by atoms with E-state index in [0.29, 0.717) is 5.56 Å². The van der Waals surface area contributed by atoms with Gasteiger partial charge in [0, 0.05) is 11.6 Å². The number of nitriles is 1. The van der Waals surface area contributed by atoms with Crippen LogP contribution in [0, 0.1) is 27.4 Å². The predicted molar refractivity (Wildman–Crippen MR) is 62.2 cm³/mol. The van der Waals surface area contributed by atoms with E-state index in [1.54, 1.807) is 36.4 Å². The molecule has 0 fully saturated rings. The Morgan fingerprint density at radius 1 is 1.33 bits per heavy atom. The molecule has 1 unspecified atom stereocenters. The van der Waals surface area contributed by atoms with Gasteiger partial charge in [-0.1, -0.05) is 30.3 Å². The Hall–Kier alpha value is -2.81. The summed E-state index contributed by atoms with van der Waals surface area (Å²) in [6, 6.07) is 10.0. The monoisotopic (exact) mass is 241 g/mol. The van der Waals surface area contributed by atoms with Crippen LogP contribution >= 0.6 is 0 Å². The highest BCUT2D eigenvalue weighted by Gasteiger charge is 2.31. The Balaban J connectivity index is 2.53. The fraction of sp³-hybridized carbons (Fsp3) is 0.0833. The molecule has 6 heteroatoms.